The highest BCUT2D eigenvalue weighted by Crippen LogP contribution is 2.24. The summed E-state index contributed by atoms with van der Waals surface area (Å²) in [5.41, 5.74) is 3.92. The SMILES string of the molecule is Cc1[nH]c2c(C(=O)NC[C@H]3CN(CC(C)C)CCO3)cccc2c1C. The van der Waals surface area contributed by atoms with E-state index >= 15 is 0 Å². The summed E-state index contributed by atoms with van der Waals surface area (Å²) in [5, 5.41) is 4.17. The third kappa shape index (κ3) is 4.05. The van der Waals surface area contributed by atoms with Crippen molar-refractivity contribution in [1.29, 1.82) is 0 Å². The van der Waals surface area contributed by atoms with Gasteiger partial charge in [-0.05, 0) is 31.4 Å². The summed E-state index contributed by atoms with van der Waals surface area (Å²) < 4.78 is 5.82. The third-order valence-electron chi connectivity index (χ3n) is 4.92. The molecule has 1 saturated heterocycles. The number of para-hydroxylation sites is 1. The Balaban J connectivity index is 1.64. The number of H-pyrrole nitrogens is 1. The molecule has 0 spiro atoms. The van der Waals surface area contributed by atoms with Gasteiger partial charge in [-0.25, -0.2) is 0 Å². The summed E-state index contributed by atoms with van der Waals surface area (Å²) in [7, 11) is 0. The Labute approximate surface area is 149 Å². The molecule has 1 fully saturated rings. The van der Waals surface area contributed by atoms with E-state index in [0.717, 1.165) is 42.8 Å². The summed E-state index contributed by atoms with van der Waals surface area (Å²) in [6.45, 7) is 12.8. The zero-order valence-electron chi connectivity index (χ0n) is 15.7. The van der Waals surface area contributed by atoms with Crippen LogP contribution in [0.2, 0.25) is 0 Å². The second-order valence-electron chi connectivity index (χ2n) is 7.46. The molecule has 2 aromatic rings. The molecule has 0 aliphatic carbocycles. The number of nitrogens with zero attached hydrogens (tertiary/aromatic N) is 1. The van der Waals surface area contributed by atoms with E-state index in [0.29, 0.717) is 18.0 Å². The Morgan fingerprint density at radius 2 is 2.20 bits per heavy atom. The minimum absolute atomic E-state index is 0.0450. The Bertz CT molecular complexity index is 751. The molecular formula is C20H29N3O2. The Hall–Kier alpha value is -1.85. The van der Waals surface area contributed by atoms with Crippen molar-refractivity contribution in [3.63, 3.8) is 0 Å². The van der Waals surface area contributed by atoms with Gasteiger partial charge in [-0.3, -0.25) is 9.69 Å². The molecule has 1 atom stereocenters. The number of morpholine rings is 1. The zero-order chi connectivity index (χ0) is 18.0. The molecule has 5 heteroatoms. The van der Waals surface area contributed by atoms with Crippen molar-refractivity contribution in [3.8, 4) is 0 Å². The van der Waals surface area contributed by atoms with Gasteiger partial charge in [0.15, 0.2) is 0 Å². The van der Waals surface area contributed by atoms with Crippen LogP contribution < -0.4 is 5.32 Å². The lowest BCUT2D eigenvalue weighted by atomic mass is 10.1. The van der Waals surface area contributed by atoms with Crippen LogP contribution in [-0.4, -0.2) is 54.7 Å². The van der Waals surface area contributed by atoms with Crippen molar-refractivity contribution in [3.05, 3.63) is 35.0 Å². The summed E-state index contributed by atoms with van der Waals surface area (Å²) in [5.74, 6) is 0.599. The molecule has 0 unspecified atom stereocenters. The quantitative estimate of drug-likeness (QED) is 0.878. The fraction of sp³-hybridized carbons (Fsp3) is 0.550. The van der Waals surface area contributed by atoms with Crippen LogP contribution in [0.5, 0.6) is 0 Å². The van der Waals surface area contributed by atoms with Gasteiger partial charge in [0.05, 0.1) is 23.8 Å². The van der Waals surface area contributed by atoms with Crippen molar-refractivity contribution in [1.82, 2.24) is 15.2 Å². The van der Waals surface area contributed by atoms with Crippen molar-refractivity contribution in [2.45, 2.75) is 33.8 Å². The third-order valence-corrected chi connectivity index (χ3v) is 4.92. The molecule has 1 aliphatic rings. The highest BCUT2D eigenvalue weighted by molar-refractivity contribution is 6.06. The highest BCUT2D eigenvalue weighted by atomic mass is 16.5. The molecule has 0 saturated carbocycles. The Kier molecular flexibility index (Phi) is 5.45. The van der Waals surface area contributed by atoms with Gasteiger partial charge in [0, 0.05) is 37.3 Å². The monoisotopic (exact) mass is 343 g/mol. The number of aromatic amines is 1. The summed E-state index contributed by atoms with van der Waals surface area (Å²) in [6.07, 6.45) is 0.0581. The molecular weight excluding hydrogens is 314 g/mol. The van der Waals surface area contributed by atoms with Crippen LogP contribution in [-0.2, 0) is 4.74 Å². The summed E-state index contributed by atoms with van der Waals surface area (Å²) in [6, 6.07) is 5.87. The normalized spacial score (nSPS) is 18.8. The highest BCUT2D eigenvalue weighted by Gasteiger charge is 2.22. The molecule has 2 N–H and O–H groups in total. The minimum Gasteiger partial charge on any atom is -0.374 e. The second-order valence-corrected chi connectivity index (χ2v) is 7.46. The van der Waals surface area contributed by atoms with Gasteiger partial charge in [-0.1, -0.05) is 26.0 Å². The Morgan fingerprint density at radius 1 is 1.40 bits per heavy atom. The molecule has 5 nitrogen and oxygen atoms in total. The molecule has 1 amide bonds. The lowest BCUT2D eigenvalue weighted by Gasteiger charge is -2.33. The number of hydrogen-bond acceptors (Lipinski definition) is 3. The van der Waals surface area contributed by atoms with Gasteiger partial charge >= 0.3 is 0 Å². The average Bonchev–Trinajstić information content (AvgIpc) is 2.87. The zero-order valence-corrected chi connectivity index (χ0v) is 15.7. The Morgan fingerprint density at radius 3 is 2.96 bits per heavy atom. The van der Waals surface area contributed by atoms with Crippen LogP contribution in [0.4, 0.5) is 0 Å². The number of hydrogen-bond donors (Lipinski definition) is 2. The summed E-state index contributed by atoms with van der Waals surface area (Å²) >= 11 is 0. The first-order valence-electron chi connectivity index (χ1n) is 9.15. The van der Waals surface area contributed by atoms with Crippen molar-refractivity contribution >= 4 is 16.8 Å². The number of aryl methyl sites for hydroxylation is 2. The van der Waals surface area contributed by atoms with Crippen LogP contribution >= 0.6 is 0 Å². The maximum Gasteiger partial charge on any atom is 0.253 e. The first-order valence-corrected chi connectivity index (χ1v) is 9.15. The molecule has 136 valence electrons. The van der Waals surface area contributed by atoms with E-state index in [2.05, 4.69) is 42.0 Å². The molecule has 1 aliphatic heterocycles. The molecule has 25 heavy (non-hydrogen) atoms. The smallest absolute Gasteiger partial charge is 0.253 e. The molecule has 1 aromatic heterocycles. The number of nitrogens with one attached hydrogen (secondary N) is 2. The molecule has 3 rings (SSSR count). The number of amides is 1. The molecule has 0 radical (unpaired) electrons. The van der Waals surface area contributed by atoms with E-state index in [1.807, 2.05) is 19.1 Å². The number of carbonyl (C=O) groups is 1. The predicted molar refractivity (Wildman–Crippen MR) is 101 cm³/mol. The van der Waals surface area contributed by atoms with Gasteiger partial charge in [0.1, 0.15) is 0 Å². The van der Waals surface area contributed by atoms with Crippen LogP contribution in [0.3, 0.4) is 0 Å². The molecule has 2 heterocycles. The topological polar surface area (TPSA) is 57.4 Å². The number of ether oxygens (including phenoxy) is 1. The lowest BCUT2D eigenvalue weighted by Crippen LogP contribution is -2.48. The van der Waals surface area contributed by atoms with E-state index in [1.54, 1.807) is 0 Å². The van der Waals surface area contributed by atoms with Crippen molar-refractivity contribution < 1.29 is 9.53 Å². The standard InChI is InChI=1S/C20H29N3O2/c1-13(2)11-23-8-9-25-16(12-23)10-21-20(24)18-7-5-6-17-14(3)15(4)22-19(17)18/h5-7,13,16,22H,8-12H2,1-4H3,(H,21,24)/t16-/m0/s1. The van der Waals surface area contributed by atoms with Crippen LogP contribution in [0.25, 0.3) is 10.9 Å². The number of fused-ring (bicyclic) bond motifs is 1. The first kappa shape index (κ1) is 18.0. The van der Waals surface area contributed by atoms with Gasteiger partial charge in [-0.2, -0.15) is 0 Å². The van der Waals surface area contributed by atoms with Crippen molar-refractivity contribution in [2.24, 2.45) is 5.92 Å². The second kappa shape index (κ2) is 7.58. The number of carbonyl (C=O) groups excluding carboxylic acids is 1. The summed E-state index contributed by atoms with van der Waals surface area (Å²) in [4.78, 5) is 18.4. The van der Waals surface area contributed by atoms with E-state index < -0.39 is 0 Å². The van der Waals surface area contributed by atoms with E-state index in [1.165, 1.54) is 5.56 Å². The van der Waals surface area contributed by atoms with Gasteiger partial charge in [-0.15, -0.1) is 0 Å². The average molecular weight is 343 g/mol. The molecule has 0 bridgehead atoms. The largest absolute Gasteiger partial charge is 0.374 e. The van der Waals surface area contributed by atoms with E-state index in [4.69, 9.17) is 4.74 Å². The van der Waals surface area contributed by atoms with Crippen LogP contribution in [0.15, 0.2) is 18.2 Å². The van der Waals surface area contributed by atoms with E-state index in [-0.39, 0.29) is 12.0 Å². The van der Waals surface area contributed by atoms with E-state index in [9.17, 15) is 4.79 Å². The van der Waals surface area contributed by atoms with Crippen LogP contribution in [0, 0.1) is 19.8 Å². The molecule has 1 aromatic carbocycles. The fourth-order valence-corrected chi connectivity index (χ4v) is 3.56. The van der Waals surface area contributed by atoms with Gasteiger partial charge < -0.3 is 15.0 Å². The minimum atomic E-state index is -0.0450. The van der Waals surface area contributed by atoms with Gasteiger partial charge in [0.25, 0.3) is 5.91 Å². The maximum atomic E-state index is 12.7. The first-order chi connectivity index (χ1) is 12.0. The fourth-order valence-electron chi connectivity index (χ4n) is 3.56. The van der Waals surface area contributed by atoms with Gasteiger partial charge in [0.2, 0.25) is 0 Å². The maximum absolute atomic E-state index is 12.7. The van der Waals surface area contributed by atoms with Crippen molar-refractivity contribution in [2.75, 3.05) is 32.8 Å². The predicted octanol–water partition coefficient (Wildman–Crippen LogP) is 2.87. The van der Waals surface area contributed by atoms with Crippen LogP contribution in [0.1, 0.15) is 35.5 Å². The number of rotatable bonds is 5. The number of aromatic nitrogens is 1. The lowest BCUT2D eigenvalue weighted by molar-refractivity contribution is -0.0295. The number of benzene rings is 1.